The highest BCUT2D eigenvalue weighted by Gasteiger charge is 2.20. The summed E-state index contributed by atoms with van der Waals surface area (Å²) in [5, 5.41) is 12.0. The second-order valence-electron chi connectivity index (χ2n) is 1.76. The molecule has 1 rings (SSSR count). The monoisotopic (exact) mass is 147 g/mol. The minimum absolute atomic E-state index is 0.205. The Kier molecular flexibility index (Phi) is 2.36. The number of oxime groups is 1. The molecular weight excluding hydrogens is 138 g/mol. The van der Waals surface area contributed by atoms with E-state index in [1.54, 1.807) is 0 Å². The molecular formula is C5H9NO2S. The van der Waals surface area contributed by atoms with Crippen molar-refractivity contribution in [2.75, 3.05) is 6.61 Å². The van der Waals surface area contributed by atoms with Gasteiger partial charge in [0.25, 0.3) is 0 Å². The molecule has 1 heterocycles. The maximum Gasteiger partial charge on any atom is 0.141 e. The van der Waals surface area contributed by atoms with Gasteiger partial charge in [-0.2, -0.15) is 0 Å². The molecule has 1 fully saturated rings. The molecule has 0 aromatic heterocycles. The Morgan fingerprint density at radius 2 is 2.78 bits per heavy atom. The predicted molar refractivity (Wildman–Crippen MR) is 36.8 cm³/mol. The van der Waals surface area contributed by atoms with Crippen molar-refractivity contribution in [1.29, 1.82) is 0 Å². The molecule has 0 aromatic rings. The van der Waals surface area contributed by atoms with Crippen molar-refractivity contribution in [3.8, 4) is 0 Å². The smallest absolute Gasteiger partial charge is 0.141 e. The van der Waals surface area contributed by atoms with Crippen LogP contribution in [0.5, 0.6) is 0 Å². The standard InChI is InChI=1S/C5H9NO2S/c1-2-5-8-3-4(6-7)9-5/h5,7H,2-3H2,1H3. The molecule has 0 bridgehead atoms. The third kappa shape index (κ3) is 1.59. The molecule has 4 heteroatoms. The van der Waals surface area contributed by atoms with E-state index in [1.165, 1.54) is 11.8 Å². The van der Waals surface area contributed by atoms with Crippen LogP contribution < -0.4 is 0 Å². The van der Waals surface area contributed by atoms with Gasteiger partial charge in [-0.1, -0.05) is 23.8 Å². The molecule has 0 aromatic carbocycles. The summed E-state index contributed by atoms with van der Waals surface area (Å²) < 4.78 is 5.18. The van der Waals surface area contributed by atoms with Crippen molar-refractivity contribution in [2.24, 2.45) is 5.16 Å². The second-order valence-corrected chi connectivity index (χ2v) is 2.99. The molecule has 0 amide bonds. The largest absolute Gasteiger partial charge is 0.410 e. The number of ether oxygens (including phenoxy) is 1. The number of thioether (sulfide) groups is 1. The van der Waals surface area contributed by atoms with Crippen LogP contribution in [0.4, 0.5) is 0 Å². The van der Waals surface area contributed by atoms with Crippen LogP contribution in [-0.4, -0.2) is 22.3 Å². The summed E-state index contributed by atoms with van der Waals surface area (Å²) in [6, 6.07) is 0. The highest BCUT2D eigenvalue weighted by Crippen LogP contribution is 2.24. The van der Waals surface area contributed by atoms with Crippen LogP contribution in [0.3, 0.4) is 0 Å². The number of hydrogen-bond donors (Lipinski definition) is 1. The van der Waals surface area contributed by atoms with Crippen LogP contribution in [0.1, 0.15) is 13.3 Å². The Balaban J connectivity index is 2.38. The SMILES string of the molecule is CCC1OCC(=NO)S1. The summed E-state index contributed by atoms with van der Waals surface area (Å²) in [5.74, 6) is 0. The van der Waals surface area contributed by atoms with Gasteiger partial charge in [0, 0.05) is 0 Å². The van der Waals surface area contributed by atoms with Crippen molar-refractivity contribution < 1.29 is 9.94 Å². The van der Waals surface area contributed by atoms with Gasteiger partial charge in [-0.25, -0.2) is 0 Å². The lowest BCUT2D eigenvalue weighted by Gasteiger charge is -1.99. The normalized spacial score (nSPS) is 31.7. The first-order valence-electron chi connectivity index (χ1n) is 2.86. The third-order valence-corrected chi connectivity index (χ3v) is 2.31. The maximum absolute atomic E-state index is 8.27. The molecule has 9 heavy (non-hydrogen) atoms. The molecule has 1 saturated heterocycles. The van der Waals surface area contributed by atoms with Crippen LogP contribution in [0.2, 0.25) is 0 Å². The van der Waals surface area contributed by atoms with E-state index in [9.17, 15) is 0 Å². The molecule has 0 saturated carbocycles. The van der Waals surface area contributed by atoms with Crippen molar-refractivity contribution in [3.05, 3.63) is 0 Å². The summed E-state index contributed by atoms with van der Waals surface area (Å²) >= 11 is 1.49. The number of rotatable bonds is 1. The molecule has 1 unspecified atom stereocenters. The van der Waals surface area contributed by atoms with Crippen molar-refractivity contribution >= 4 is 16.8 Å². The van der Waals surface area contributed by atoms with Crippen molar-refractivity contribution in [3.63, 3.8) is 0 Å². The molecule has 3 nitrogen and oxygen atoms in total. The Bertz CT molecular complexity index is 126. The van der Waals surface area contributed by atoms with E-state index in [-0.39, 0.29) is 5.44 Å². The zero-order chi connectivity index (χ0) is 6.69. The van der Waals surface area contributed by atoms with Gasteiger partial charge in [0.05, 0.1) is 6.61 Å². The Morgan fingerprint density at radius 3 is 3.11 bits per heavy atom. The minimum Gasteiger partial charge on any atom is -0.410 e. The van der Waals surface area contributed by atoms with E-state index in [1.807, 2.05) is 6.92 Å². The molecule has 52 valence electrons. The fourth-order valence-electron chi connectivity index (χ4n) is 0.638. The Hall–Kier alpha value is -0.220. The summed E-state index contributed by atoms with van der Waals surface area (Å²) in [5.41, 5.74) is 0.205. The van der Waals surface area contributed by atoms with Crippen LogP contribution in [0, 0.1) is 0 Å². The van der Waals surface area contributed by atoms with Crippen molar-refractivity contribution in [2.45, 2.75) is 18.8 Å². The van der Waals surface area contributed by atoms with Gasteiger partial charge in [0.1, 0.15) is 10.5 Å². The molecule has 0 radical (unpaired) electrons. The maximum atomic E-state index is 8.27. The predicted octanol–water partition coefficient (Wildman–Crippen LogP) is 1.27. The minimum atomic E-state index is 0.205. The summed E-state index contributed by atoms with van der Waals surface area (Å²) in [6.45, 7) is 2.51. The van der Waals surface area contributed by atoms with E-state index in [0.717, 1.165) is 6.42 Å². The van der Waals surface area contributed by atoms with Crippen molar-refractivity contribution in [1.82, 2.24) is 0 Å². The lowest BCUT2D eigenvalue weighted by Crippen LogP contribution is -1.96. The fourth-order valence-corrected chi connectivity index (χ4v) is 1.43. The van der Waals surface area contributed by atoms with Gasteiger partial charge in [0.2, 0.25) is 0 Å². The quantitative estimate of drug-likeness (QED) is 0.448. The van der Waals surface area contributed by atoms with Crippen LogP contribution in [-0.2, 0) is 4.74 Å². The first-order chi connectivity index (χ1) is 4.36. The number of nitrogens with zero attached hydrogens (tertiary/aromatic N) is 1. The van der Waals surface area contributed by atoms with Gasteiger partial charge in [-0.05, 0) is 6.42 Å². The van der Waals surface area contributed by atoms with Gasteiger partial charge >= 0.3 is 0 Å². The first kappa shape index (κ1) is 6.89. The molecule has 1 aliphatic heterocycles. The Labute approximate surface area is 58.1 Å². The molecule has 0 spiro atoms. The summed E-state index contributed by atoms with van der Waals surface area (Å²) in [6.07, 6.45) is 0.962. The Morgan fingerprint density at radius 1 is 2.00 bits per heavy atom. The average molecular weight is 147 g/mol. The van der Waals surface area contributed by atoms with Gasteiger partial charge in [0.15, 0.2) is 0 Å². The van der Waals surface area contributed by atoms with Crippen LogP contribution in [0.15, 0.2) is 5.16 Å². The molecule has 1 N–H and O–H groups in total. The highest BCUT2D eigenvalue weighted by atomic mass is 32.2. The third-order valence-electron chi connectivity index (χ3n) is 1.11. The van der Waals surface area contributed by atoms with E-state index in [2.05, 4.69) is 5.16 Å². The zero-order valence-electron chi connectivity index (χ0n) is 5.20. The van der Waals surface area contributed by atoms with Crippen LogP contribution >= 0.6 is 11.8 Å². The lowest BCUT2D eigenvalue weighted by atomic mass is 10.5. The lowest BCUT2D eigenvalue weighted by molar-refractivity contribution is 0.154. The van der Waals surface area contributed by atoms with E-state index in [0.29, 0.717) is 11.7 Å². The van der Waals surface area contributed by atoms with E-state index >= 15 is 0 Å². The van der Waals surface area contributed by atoms with E-state index < -0.39 is 0 Å². The molecule has 0 aliphatic carbocycles. The zero-order valence-corrected chi connectivity index (χ0v) is 6.02. The fraction of sp³-hybridized carbons (Fsp3) is 0.800. The van der Waals surface area contributed by atoms with Gasteiger partial charge < -0.3 is 9.94 Å². The van der Waals surface area contributed by atoms with E-state index in [4.69, 9.17) is 9.94 Å². The summed E-state index contributed by atoms with van der Waals surface area (Å²) in [4.78, 5) is 0. The average Bonchev–Trinajstić information content (AvgIpc) is 2.34. The first-order valence-corrected chi connectivity index (χ1v) is 3.74. The van der Waals surface area contributed by atoms with Gasteiger partial charge in [-0.15, -0.1) is 0 Å². The molecule has 1 atom stereocenters. The highest BCUT2D eigenvalue weighted by molar-refractivity contribution is 8.14. The second kappa shape index (κ2) is 3.08. The number of hydrogen-bond acceptors (Lipinski definition) is 4. The van der Waals surface area contributed by atoms with Crippen LogP contribution in [0.25, 0.3) is 0 Å². The molecule has 1 aliphatic rings. The topological polar surface area (TPSA) is 41.8 Å². The summed E-state index contributed by atoms with van der Waals surface area (Å²) in [7, 11) is 0. The van der Waals surface area contributed by atoms with Gasteiger partial charge in [-0.3, -0.25) is 0 Å².